The monoisotopic (exact) mass is 303 g/mol. The first-order valence-corrected chi connectivity index (χ1v) is 7.40. The lowest BCUT2D eigenvalue weighted by atomic mass is 10.2. The first kappa shape index (κ1) is 13.9. The summed E-state index contributed by atoms with van der Waals surface area (Å²) in [7, 11) is 1.93. The largest absolute Gasteiger partial charge is 0.369 e. The molecule has 0 fully saturated rings. The number of imidazole rings is 1. The third-order valence-corrected chi connectivity index (χ3v) is 3.77. The van der Waals surface area contributed by atoms with E-state index < -0.39 is 0 Å². The van der Waals surface area contributed by atoms with E-state index in [1.807, 2.05) is 40.6 Å². The molecule has 1 aromatic carbocycles. The van der Waals surface area contributed by atoms with Gasteiger partial charge in [-0.25, -0.2) is 4.98 Å². The van der Waals surface area contributed by atoms with Gasteiger partial charge in [-0.3, -0.25) is 9.25 Å². The summed E-state index contributed by atoms with van der Waals surface area (Å²) in [5.41, 5.74) is 10.0. The second-order valence-corrected chi connectivity index (χ2v) is 5.62. The normalized spacial score (nSPS) is 11.4. The number of benzene rings is 1. The zero-order chi connectivity index (χ0) is 15.0. The molecule has 3 rings (SSSR count). The maximum absolute atomic E-state index is 6.10. The Morgan fingerprint density at radius 3 is 2.86 bits per heavy atom. The highest BCUT2D eigenvalue weighted by Crippen LogP contribution is 2.23. The Morgan fingerprint density at radius 2 is 2.14 bits per heavy atom. The molecular formula is C15H18ClN5. The molecule has 0 amide bonds. The van der Waals surface area contributed by atoms with Crippen LogP contribution in [0.5, 0.6) is 0 Å². The zero-order valence-electron chi connectivity index (χ0n) is 12.2. The minimum atomic E-state index is 0.510. The van der Waals surface area contributed by atoms with E-state index in [0.29, 0.717) is 12.5 Å². The molecule has 2 aromatic heterocycles. The molecule has 6 heteroatoms. The molecule has 2 N–H and O–H groups in total. The highest BCUT2D eigenvalue weighted by atomic mass is 35.5. The summed E-state index contributed by atoms with van der Waals surface area (Å²) in [5, 5.41) is 5.27. The molecule has 0 unspecified atom stereocenters. The Balaban J connectivity index is 2.08. The zero-order valence-corrected chi connectivity index (χ0v) is 12.9. The van der Waals surface area contributed by atoms with E-state index in [9.17, 15) is 0 Å². The second kappa shape index (κ2) is 5.41. The first-order chi connectivity index (χ1) is 10.1. The smallest absolute Gasteiger partial charge is 0.202 e. The van der Waals surface area contributed by atoms with Crippen LogP contribution < -0.4 is 5.73 Å². The van der Waals surface area contributed by atoms with Crippen molar-refractivity contribution >= 4 is 28.7 Å². The Labute approximate surface area is 128 Å². The van der Waals surface area contributed by atoms with Gasteiger partial charge in [-0.05, 0) is 24.1 Å². The number of halogens is 1. The van der Waals surface area contributed by atoms with Gasteiger partial charge in [-0.1, -0.05) is 37.1 Å². The van der Waals surface area contributed by atoms with Gasteiger partial charge >= 0.3 is 0 Å². The standard InChI is InChI=1S/C15H18ClN5/c1-3-5-12-13-14(20(2)19-12)21(15(17)18-13)9-10-6-4-7-11(16)8-10/h4,6-8H,3,5,9H2,1-2H3,(H2,17,18). The van der Waals surface area contributed by atoms with Crippen molar-refractivity contribution in [3.63, 3.8) is 0 Å². The molecule has 5 nitrogen and oxygen atoms in total. The van der Waals surface area contributed by atoms with Gasteiger partial charge in [0.1, 0.15) is 5.52 Å². The van der Waals surface area contributed by atoms with Crippen molar-refractivity contribution in [2.24, 2.45) is 7.05 Å². The van der Waals surface area contributed by atoms with Crippen molar-refractivity contribution in [2.45, 2.75) is 26.3 Å². The number of aromatic nitrogens is 4. The third-order valence-electron chi connectivity index (χ3n) is 3.54. The predicted molar refractivity (Wildman–Crippen MR) is 85.5 cm³/mol. The van der Waals surface area contributed by atoms with Gasteiger partial charge in [0.05, 0.1) is 12.2 Å². The minimum absolute atomic E-state index is 0.510. The highest BCUT2D eigenvalue weighted by Gasteiger charge is 2.17. The summed E-state index contributed by atoms with van der Waals surface area (Å²) in [6.07, 6.45) is 1.94. The quantitative estimate of drug-likeness (QED) is 0.806. The van der Waals surface area contributed by atoms with Crippen LogP contribution in [0.2, 0.25) is 5.02 Å². The summed E-state index contributed by atoms with van der Waals surface area (Å²) >= 11 is 6.05. The Morgan fingerprint density at radius 1 is 1.33 bits per heavy atom. The van der Waals surface area contributed by atoms with Crippen LogP contribution in [0.4, 0.5) is 5.95 Å². The number of fused-ring (bicyclic) bond motifs is 1. The fourth-order valence-corrected chi connectivity index (χ4v) is 2.85. The molecule has 0 radical (unpaired) electrons. The molecule has 3 aromatic rings. The topological polar surface area (TPSA) is 61.7 Å². The molecule has 0 atom stereocenters. The van der Waals surface area contributed by atoms with Crippen LogP contribution in [-0.2, 0) is 20.0 Å². The second-order valence-electron chi connectivity index (χ2n) is 5.18. The summed E-state index contributed by atoms with van der Waals surface area (Å²) in [6.45, 7) is 2.76. The molecule has 21 heavy (non-hydrogen) atoms. The Kier molecular flexibility index (Phi) is 3.59. The number of anilines is 1. The van der Waals surface area contributed by atoms with Crippen molar-refractivity contribution in [2.75, 3.05) is 5.73 Å². The van der Waals surface area contributed by atoms with Crippen LogP contribution in [0.25, 0.3) is 11.2 Å². The summed E-state index contributed by atoms with van der Waals surface area (Å²) in [6, 6.07) is 7.77. The van der Waals surface area contributed by atoms with Gasteiger partial charge in [-0.15, -0.1) is 0 Å². The summed E-state index contributed by atoms with van der Waals surface area (Å²) in [4.78, 5) is 4.50. The number of rotatable bonds is 4. The Hall–Kier alpha value is -2.01. The molecular weight excluding hydrogens is 286 g/mol. The maximum atomic E-state index is 6.10. The van der Waals surface area contributed by atoms with E-state index in [-0.39, 0.29) is 0 Å². The molecule has 0 aliphatic heterocycles. The van der Waals surface area contributed by atoms with Crippen LogP contribution in [-0.4, -0.2) is 19.3 Å². The summed E-state index contributed by atoms with van der Waals surface area (Å²) in [5.74, 6) is 0.510. The fraction of sp³-hybridized carbons (Fsp3) is 0.333. The number of nitrogens with zero attached hydrogens (tertiary/aromatic N) is 4. The SMILES string of the molecule is CCCc1nn(C)c2c1nc(N)n2Cc1cccc(Cl)c1. The average Bonchev–Trinajstić information content (AvgIpc) is 2.90. The van der Waals surface area contributed by atoms with Gasteiger partial charge in [0, 0.05) is 12.1 Å². The van der Waals surface area contributed by atoms with Crippen molar-refractivity contribution in [1.82, 2.24) is 19.3 Å². The van der Waals surface area contributed by atoms with Crippen LogP contribution in [0.3, 0.4) is 0 Å². The molecule has 110 valence electrons. The van der Waals surface area contributed by atoms with Crippen molar-refractivity contribution in [3.8, 4) is 0 Å². The van der Waals surface area contributed by atoms with E-state index in [1.54, 1.807) is 0 Å². The molecule has 0 spiro atoms. The van der Waals surface area contributed by atoms with Crippen LogP contribution in [0.1, 0.15) is 24.6 Å². The maximum Gasteiger partial charge on any atom is 0.202 e. The molecule has 2 heterocycles. The molecule has 0 saturated heterocycles. The molecule has 0 aliphatic carbocycles. The third kappa shape index (κ3) is 2.49. The minimum Gasteiger partial charge on any atom is -0.369 e. The van der Waals surface area contributed by atoms with E-state index in [0.717, 1.165) is 40.3 Å². The fourth-order valence-electron chi connectivity index (χ4n) is 2.64. The van der Waals surface area contributed by atoms with Gasteiger partial charge in [0.15, 0.2) is 5.65 Å². The van der Waals surface area contributed by atoms with Crippen LogP contribution in [0, 0.1) is 0 Å². The van der Waals surface area contributed by atoms with E-state index >= 15 is 0 Å². The number of nitrogens with two attached hydrogens (primary N) is 1. The number of hydrogen-bond donors (Lipinski definition) is 1. The van der Waals surface area contributed by atoms with Gasteiger partial charge in [0.2, 0.25) is 5.95 Å². The molecule has 0 bridgehead atoms. The summed E-state index contributed by atoms with van der Waals surface area (Å²) < 4.78 is 3.83. The lowest BCUT2D eigenvalue weighted by Crippen LogP contribution is -2.08. The van der Waals surface area contributed by atoms with Crippen LogP contribution >= 0.6 is 11.6 Å². The number of nitrogen functional groups attached to an aromatic ring is 1. The highest BCUT2D eigenvalue weighted by molar-refractivity contribution is 6.30. The Bertz CT molecular complexity index is 787. The van der Waals surface area contributed by atoms with Crippen molar-refractivity contribution in [1.29, 1.82) is 0 Å². The van der Waals surface area contributed by atoms with Crippen molar-refractivity contribution in [3.05, 3.63) is 40.5 Å². The number of aryl methyl sites for hydroxylation is 2. The van der Waals surface area contributed by atoms with E-state index in [1.165, 1.54) is 0 Å². The first-order valence-electron chi connectivity index (χ1n) is 7.02. The number of hydrogen-bond acceptors (Lipinski definition) is 3. The van der Waals surface area contributed by atoms with Gasteiger partial charge in [-0.2, -0.15) is 5.10 Å². The van der Waals surface area contributed by atoms with Gasteiger partial charge in [0.25, 0.3) is 0 Å². The molecule has 0 aliphatic rings. The predicted octanol–water partition coefficient (Wildman–Crippen LogP) is 3.01. The lowest BCUT2D eigenvalue weighted by molar-refractivity contribution is 0.712. The van der Waals surface area contributed by atoms with Gasteiger partial charge < -0.3 is 5.73 Å². The average molecular weight is 304 g/mol. The van der Waals surface area contributed by atoms with E-state index in [4.69, 9.17) is 17.3 Å². The van der Waals surface area contributed by atoms with Crippen LogP contribution in [0.15, 0.2) is 24.3 Å². The van der Waals surface area contributed by atoms with Crippen molar-refractivity contribution < 1.29 is 0 Å². The molecule has 0 saturated carbocycles. The van der Waals surface area contributed by atoms with E-state index in [2.05, 4.69) is 17.0 Å². The lowest BCUT2D eigenvalue weighted by Gasteiger charge is -2.07.